The Morgan fingerprint density at radius 2 is 1.77 bits per heavy atom. The molecule has 176 valence electrons. The first kappa shape index (κ1) is 23.1. The number of anilines is 1. The highest BCUT2D eigenvalue weighted by Crippen LogP contribution is 2.51. The van der Waals surface area contributed by atoms with E-state index in [0.717, 1.165) is 16.9 Å². The van der Waals surface area contributed by atoms with Crippen LogP contribution in [0.25, 0.3) is 5.76 Å². The Morgan fingerprint density at radius 3 is 2.43 bits per heavy atom. The number of para-hydroxylation sites is 1. The average molecular weight is 484 g/mol. The number of allylic oxidation sites excluding steroid dienone is 2. The van der Waals surface area contributed by atoms with Gasteiger partial charge >= 0.3 is 0 Å². The maximum atomic E-state index is 13.8. The van der Waals surface area contributed by atoms with Gasteiger partial charge in [0.25, 0.3) is 0 Å². The van der Waals surface area contributed by atoms with Gasteiger partial charge < -0.3 is 5.11 Å². The predicted molar refractivity (Wildman–Crippen MR) is 140 cm³/mol. The Morgan fingerprint density at radius 1 is 1.06 bits per heavy atom. The van der Waals surface area contributed by atoms with Crippen molar-refractivity contribution in [3.63, 3.8) is 0 Å². The number of hydrogen-bond donors (Lipinski definition) is 2. The molecule has 0 bridgehead atoms. The van der Waals surface area contributed by atoms with Gasteiger partial charge in [0.15, 0.2) is 5.78 Å². The number of Topliss-reactive ketones (excluding diaryl/α,β-unsaturated/α-hetero) is 1. The number of carbonyl (C=O) groups is 1. The number of halogens is 1. The minimum atomic E-state index is -0.606. The first-order valence-corrected chi connectivity index (χ1v) is 11.9. The summed E-state index contributed by atoms with van der Waals surface area (Å²) in [7, 11) is 0. The molecule has 1 unspecified atom stereocenters. The number of ketones is 1. The summed E-state index contributed by atoms with van der Waals surface area (Å²) in [5.41, 5.74) is 3.63. The van der Waals surface area contributed by atoms with E-state index >= 15 is 0 Å². The standard InChI is InChI=1S/C29H26ClN3O2/c1-29(2)15-22-25(23(34)16-29)24(19-7-6-14-32-17-19)26(27(35)18-10-12-20(30)13-11-18)28(31)33(22)21-8-4-3-5-9-21/h3-14,17,24,31,35H,15-16H2,1-2H3/b27-26+,31-28?. The van der Waals surface area contributed by atoms with Crippen molar-refractivity contribution in [2.45, 2.75) is 32.6 Å². The van der Waals surface area contributed by atoms with Crippen molar-refractivity contribution in [3.8, 4) is 0 Å². The van der Waals surface area contributed by atoms with Gasteiger partial charge in [-0.25, -0.2) is 0 Å². The zero-order chi connectivity index (χ0) is 24.7. The van der Waals surface area contributed by atoms with Gasteiger partial charge in [-0.15, -0.1) is 0 Å². The number of aliphatic hydroxyl groups excluding tert-OH is 1. The van der Waals surface area contributed by atoms with E-state index in [1.807, 2.05) is 47.4 Å². The van der Waals surface area contributed by atoms with Crippen LogP contribution in [0.2, 0.25) is 5.02 Å². The maximum Gasteiger partial charge on any atom is 0.162 e. The third-order valence-corrected chi connectivity index (χ3v) is 6.88. The Labute approximate surface area is 209 Å². The van der Waals surface area contributed by atoms with Crippen molar-refractivity contribution in [2.75, 3.05) is 4.90 Å². The molecule has 1 atom stereocenters. The molecule has 1 aliphatic carbocycles. The molecule has 35 heavy (non-hydrogen) atoms. The molecule has 2 N–H and O–H groups in total. The molecular formula is C29H26ClN3O2. The number of pyridine rings is 1. The largest absolute Gasteiger partial charge is 0.507 e. The summed E-state index contributed by atoms with van der Waals surface area (Å²) >= 11 is 6.09. The second-order valence-corrected chi connectivity index (χ2v) is 10.2. The van der Waals surface area contributed by atoms with Crippen LogP contribution >= 0.6 is 11.6 Å². The number of aromatic nitrogens is 1. The molecule has 0 radical (unpaired) electrons. The zero-order valence-corrected chi connectivity index (χ0v) is 20.4. The third-order valence-electron chi connectivity index (χ3n) is 6.63. The summed E-state index contributed by atoms with van der Waals surface area (Å²) in [6, 6.07) is 20.2. The SMILES string of the molecule is CC1(C)CC(=O)C2=C(C1)N(c1ccccc1)C(=N)/C(=C(/O)c1ccc(Cl)cc1)C2c1cccnc1. The van der Waals surface area contributed by atoms with Crippen molar-refractivity contribution >= 4 is 34.7 Å². The summed E-state index contributed by atoms with van der Waals surface area (Å²) in [4.78, 5) is 19.9. The topological polar surface area (TPSA) is 77.3 Å². The van der Waals surface area contributed by atoms with Crippen LogP contribution in [0.4, 0.5) is 5.69 Å². The molecule has 0 saturated carbocycles. The molecule has 0 spiro atoms. The quantitative estimate of drug-likeness (QED) is 0.396. The highest BCUT2D eigenvalue weighted by molar-refractivity contribution is 6.30. The van der Waals surface area contributed by atoms with Crippen molar-refractivity contribution < 1.29 is 9.90 Å². The Balaban J connectivity index is 1.84. The Bertz CT molecular complexity index is 1360. The van der Waals surface area contributed by atoms with Crippen molar-refractivity contribution in [3.05, 3.63) is 112 Å². The second-order valence-electron chi connectivity index (χ2n) is 9.81. The molecule has 1 aromatic heterocycles. The second kappa shape index (κ2) is 8.82. The van der Waals surface area contributed by atoms with Crippen LogP contribution in [0.5, 0.6) is 0 Å². The number of rotatable bonds is 3. The molecule has 0 fully saturated rings. The molecule has 2 aromatic carbocycles. The van der Waals surface area contributed by atoms with Gasteiger partial charge in [0.05, 0.1) is 0 Å². The van der Waals surface area contributed by atoms with Crippen molar-refractivity contribution in [1.29, 1.82) is 5.41 Å². The summed E-state index contributed by atoms with van der Waals surface area (Å²) in [5.74, 6) is -0.488. The molecule has 0 saturated heterocycles. The number of nitrogens with zero attached hydrogens (tertiary/aromatic N) is 2. The van der Waals surface area contributed by atoms with Crippen molar-refractivity contribution in [1.82, 2.24) is 4.98 Å². The zero-order valence-electron chi connectivity index (χ0n) is 19.6. The molecule has 6 heteroatoms. The first-order chi connectivity index (χ1) is 16.8. The van der Waals surface area contributed by atoms with E-state index in [2.05, 4.69) is 18.8 Å². The molecule has 3 aromatic rings. The third kappa shape index (κ3) is 4.17. The fraction of sp³-hybridized carbons (Fsp3) is 0.207. The number of nitrogens with one attached hydrogen (secondary N) is 1. The van der Waals surface area contributed by atoms with Gasteiger partial charge in [-0.2, -0.15) is 0 Å². The van der Waals surface area contributed by atoms with E-state index in [0.29, 0.717) is 34.6 Å². The van der Waals surface area contributed by atoms with Crippen LogP contribution in [0.15, 0.2) is 96.0 Å². The minimum Gasteiger partial charge on any atom is -0.507 e. The summed E-state index contributed by atoms with van der Waals surface area (Å²) in [6.45, 7) is 4.16. The van der Waals surface area contributed by atoms with Gasteiger partial charge in [0.1, 0.15) is 11.6 Å². The van der Waals surface area contributed by atoms with Gasteiger partial charge in [-0.05, 0) is 59.9 Å². The van der Waals surface area contributed by atoms with E-state index < -0.39 is 5.92 Å². The lowest BCUT2D eigenvalue weighted by atomic mass is 9.67. The fourth-order valence-electron chi connectivity index (χ4n) is 5.12. The molecule has 5 nitrogen and oxygen atoms in total. The van der Waals surface area contributed by atoms with Crippen molar-refractivity contribution in [2.24, 2.45) is 5.41 Å². The van der Waals surface area contributed by atoms with Gasteiger partial charge in [0, 0.05) is 57.8 Å². The lowest BCUT2D eigenvalue weighted by molar-refractivity contribution is -0.118. The van der Waals surface area contributed by atoms with Crippen LogP contribution in [0.1, 0.15) is 43.7 Å². The Kier molecular flexibility index (Phi) is 5.81. The van der Waals surface area contributed by atoms with Crippen LogP contribution in [-0.4, -0.2) is 21.7 Å². The number of benzene rings is 2. The number of amidine groups is 1. The molecule has 1 aliphatic heterocycles. The summed E-state index contributed by atoms with van der Waals surface area (Å²) in [5, 5.41) is 21.5. The monoisotopic (exact) mass is 483 g/mol. The van der Waals surface area contributed by atoms with Gasteiger partial charge in [-0.3, -0.25) is 20.1 Å². The molecule has 2 aliphatic rings. The van der Waals surface area contributed by atoms with E-state index in [9.17, 15) is 15.3 Å². The molecule has 0 amide bonds. The number of carbonyl (C=O) groups excluding carboxylic acids is 1. The van der Waals surface area contributed by atoms with E-state index in [1.165, 1.54) is 0 Å². The predicted octanol–water partition coefficient (Wildman–Crippen LogP) is 6.93. The van der Waals surface area contributed by atoms with Crippen LogP contribution in [0, 0.1) is 10.8 Å². The number of aliphatic hydroxyl groups is 1. The van der Waals surface area contributed by atoms with Crippen LogP contribution in [0.3, 0.4) is 0 Å². The normalized spacial score (nSPS) is 21.1. The highest BCUT2D eigenvalue weighted by atomic mass is 35.5. The highest BCUT2D eigenvalue weighted by Gasteiger charge is 2.46. The maximum absolute atomic E-state index is 13.8. The number of hydrogen-bond acceptors (Lipinski definition) is 4. The van der Waals surface area contributed by atoms with Gasteiger partial charge in [0.2, 0.25) is 0 Å². The summed E-state index contributed by atoms with van der Waals surface area (Å²) < 4.78 is 0. The molecule has 5 rings (SSSR count). The molecular weight excluding hydrogens is 458 g/mol. The minimum absolute atomic E-state index is 0.0277. The fourth-order valence-corrected chi connectivity index (χ4v) is 5.25. The average Bonchev–Trinajstić information content (AvgIpc) is 2.84. The van der Waals surface area contributed by atoms with E-state index in [-0.39, 0.29) is 22.8 Å². The lowest BCUT2D eigenvalue weighted by Gasteiger charge is -2.45. The van der Waals surface area contributed by atoms with E-state index in [4.69, 9.17) is 11.6 Å². The Hall–Kier alpha value is -3.70. The van der Waals surface area contributed by atoms with E-state index in [1.54, 1.807) is 36.7 Å². The first-order valence-electron chi connectivity index (χ1n) is 11.6. The van der Waals surface area contributed by atoms with Crippen LogP contribution < -0.4 is 4.90 Å². The molecule has 2 heterocycles. The lowest BCUT2D eigenvalue weighted by Crippen LogP contribution is -2.45. The summed E-state index contributed by atoms with van der Waals surface area (Å²) in [6.07, 6.45) is 4.42. The smallest absolute Gasteiger partial charge is 0.162 e. The van der Waals surface area contributed by atoms with Crippen LogP contribution in [-0.2, 0) is 4.79 Å². The van der Waals surface area contributed by atoms with Gasteiger partial charge in [-0.1, -0.05) is 49.7 Å².